The first-order valence-corrected chi connectivity index (χ1v) is 6.09. The molecule has 0 aromatic rings. The molecule has 2 atom stereocenters. The van der Waals surface area contributed by atoms with Crippen LogP contribution >= 0.6 is 0 Å². The highest BCUT2D eigenvalue weighted by Crippen LogP contribution is 2.10. The van der Waals surface area contributed by atoms with Gasteiger partial charge in [0.2, 0.25) is 0 Å². The molecule has 0 rings (SSSR count). The molecule has 8 heteroatoms. The number of nitrogens with one attached hydrogen (secondary N) is 1. The van der Waals surface area contributed by atoms with Crippen molar-refractivity contribution in [3.05, 3.63) is 0 Å². The average Bonchev–Trinajstić information content (AvgIpc) is 2.29. The van der Waals surface area contributed by atoms with Crippen LogP contribution in [-0.4, -0.2) is 59.3 Å². The van der Waals surface area contributed by atoms with Gasteiger partial charge in [0.05, 0.1) is 18.3 Å². The molecule has 0 aromatic heterocycles. The van der Waals surface area contributed by atoms with E-state index in [9.17, 15) is 19.8 Å². The number of methoxy groups -OCH3 is 1. The second-order valence-corrected chi connectivity index (χ2v) is 5.55. The molecule has 0 aromatic carbocycles. The summed E-state index contributed by atoms with van der Waals surface area (Å²) in [6, 6.07) is -2.29. The Morgan fingerprint density at radius 2 is 1.65 bits per heavy atom. The van der Waals surface area contributed by atoms with Crippen molar-refractivity contribution < 1.29 is 29.3 Å². The van der Waals surface area contributed by atoms with Crippen LogP contribution in [-0.2, 0) is 19.1 Å². The van der Waals surface area contributed by atoms with Gasteiger partial charge in [0.15, 0.2) is 0 Å². The van der Waals surface area contributed by atoms with Gasteiger partial charge >= 0.3 is 11.9 Å². The summed E-state index contributed by atoms with van der Waals surface area (Å²) in [5.41, 5.74) is 2.66. The summed E-state index contributed by atoms with van der Waals surface area (Å²) in [6.45, 7) is 5.21. The van der Waals surface area contributed by atoms with E-state index in [0.29, 0.717) is 0 Å². The lowest BCUT2D eigenvalue weighted by Gasteiger charge is -2.28. The van der Waals surface area contributed by atoms with E-state index >= 15 is 0 Å². The molecular formula is C12H24N2O6. The van der Waals surface area contributed by atoms with Crippen LogP contribution in [0.25, 0.3) is 0 Å². The SMILES string of the molecule is COC(=O)C(NCOC(=O)C(N)C(C)(C)O)C(C)(C)O. The third-order valence-electron chi connectivity index (χ3n) is 2.66. The second-order valence-electron chi connectivity index (χ2n) is 5.55. The maximum absolute atomic E-state index is 11.5. The molecule has 0 radical (unpaired) electrons. The van der Waals surface area contributed by atoms with Crippen LogP contribution in [0.15, 0.2) is 0 Å². The average molecular weight is 292 g/mol. The van der Waals surface area contributed by atoms with Crippen molar-refractivity contribution in [3.63, 3.8) is 0 Å². The fourth-order valence-corrected chi connectivity index (χ4v) is 1.31. The zero-order valence-corrected chi connectivity index (χ0v) is 12.5. The molecule has 0 saturated heterocycles. The normalized spacial score (nSPS) is 15.4. The van der Waals surface area contributed by atoms with Gasteiger partial charge in [-0.2, -0.15) is 0 Å². The van der Waals surface area contributed by atoms with Crippen molar-refractivity contribution in [2.45, 2.75) is 51.0 Å². The second kappa shape index (κ2) is 6.98. The van der Waals surface area contributed by atoms with Crippen LogP contribution in [0.5, 0.6) is 0 Å². The standard InChI is InChI=1S/C12H24N2O6/c1-11(2,17)7(13)9(15)20-6-14-8(10(16)19-5)12(3,4)18/h7-8,14,17-18H,6,13H2,1-5H3. The number of rotatable bonds is 7. The summed E-state index contributed by atoms with van der Waals surface area (Å²) in [6.07, 6.45) is 0. The molecule has 0 fully saturated rings. The first kappa shape index (κ1) is 18.8. The van der Waals surface area contributed by atoms with E-state index in [1.165, 1.54) is 34.8 Å². The van der Waals surface area contributed by atoms with Crippen LogP contribution in [0.3, 0.4) is 0 Å². The molecule has 118 valence electrons. The van der Waals surface area contributed by atoms with E-state index in [4.69, 9.17) is 10.5 Å². The summed E-state index contributed by atoms with van der Waals surface area (Å²) in [5.74, 6) is -1.52. The lowest BCUT2D eigenvalue weighted by molar-refractivity contribution is -0.157. The third-order valence-corrected chi connectivity index (χ3v) is 2.66. The van der Waals surface area contributed by atoms with Gasteiger partial charge in [-0.3, -0.25) is 14.9 Å². The molecule has 2 unspecified atom stereocenters. The Kier molecular flexibility index (Phi) is 6.55. The van der Waals surface area contributed by atoms with Crippen molar-refractivity contribution in [3.8, 4) is 0 Å². The fraction of sp³-hybridized carbons (Fsp3) is 0.833. The molecule has 0 bridgehead atoms. The lowest BCUT2D eigenvalue weighted by Crippen LogP contribution is -2.54. The van der Waals surface area contributed by atoms with Crippen LogP contribution in [0.2, 0.25) is 0 Å². The Morgan fingerprint density at radius 1 is 1.15 bits per heavy atom. The molecule has 20 heavy (non-hydrogen) atoms. The molecule has 0 spiro atoms. The van der Waals surface area contributed by atoms with Gasteiger partial charge in [-0.05, 0) is 27.7 Å². The Labute approximate surface area is 118 Å². The van der Waals surface area contributed by atoms with Crippen LogP contribution in [0.1, 0.15) is 27.7 Å². The van der Waals surface area contributed by atoms with Crippen molar-refractivity contribution in [1.29, 1.82) is 0 Å². The summed E-state index contributed by atoms with van der Waals surface area (Å²) in [7, 11) is 1.18. The summed E-state index contributed by atoms with van der Waals surface area (Å²) >= 11 is 0. The first-order chi connectivity index (χ1) is 8.91. The number of esters is 2. The molecule has 8 nitrogen and oxygen atoms in total. The quantitative estimate of drug-likeness (QED) is 0.329. The lowest BCUT2D eigenvalue weighted by atomic mass is 9.99. The zero-order chi connectivity index (χ0) is 16.1. The summed E-state index contributed by atoms with van der Waals surface area (Å²) < 4.78 is 9.33. The Hall–Kier alpha value is -1.22. The number of carbonyl (C=O) groups is 2. The van der Waals surface area contributed by atoms with E-state index in [2.05, 4.69) is 10.1 Å². The van der Waals surface area contributed by atoms with Crippen molar-refractivity contribution in [1.82, 2.24) is 5.32 Å². The monoisotopic (exact) mass is 292 g/mol. The van der Waals surface area contributed by atoms with Crippen LogP contribution in [0.4, 0.5) is 0 Å². The number of hydrogen-bond donors (Lipinski definition) is 4. The maximum atomic E-state index is 11.5. The highest BCUT2D eigenvalue weighted by atomic mass is 16.5. The minimum absolute atomic E-state index is 0.355. The molecule has 0 heterocycles. The highest BCUT2D eigenvalue weighted by molar-refractivity contribution is 5.78. The van der Waals surface area contributed by atoms with Gasteiger partial charge < -0.3 is 25.4 Å². The van der Waals surface area contributed by atoms with Gasteiger partial charge in [0.1, 0.15) is 18.8 Å². The minimum atomic E-state index is -1.42. The van der Waals surface area contributed by atoms with Gasteiger partial charge in [-0.25, -0.2) is 0 Å². The topological polar surface area (TPSA) is 131 Å². The minimum Gasteiger partial charge on any atom is -0.468 e. The first-order valence-electron chi connectivity index (χ1n) is 6.09. The number of hydrogen-bond acceptors (Lipinski definition) is 8. The van der Waals surface area contributed by atoms with E-state index in [1.54, 1.807) is 0 Å². The zero-order valence-electron chi connectivity index (χ0n) is 12.5. The van der Waals surface area contributed by atoms with E-state index in [1.807, 2.05) is 0 Å². The highest BCUT2D eigenvalue weighted by Gasteiger charge is 2.35. The number of nitrogens with two attached hydrogens (primary N) is 1. The molecular weight excluding hydrogens is 268 g/mol. The molecule has 0 aliphatic heterocycles. The predicted molar refractivity (Wildman–Crippen MR) is 70.5 cm³/mol. The Morgan fingerprint density at radius 3 is 2.00 bits per heavy atom. The Balaban J connectivity index is 4.47. The van der Waals surface area contributed by atoms with Crippen molar-refractivity contribution >= 4 is 11.9 Å². The van der Waals surface area contributed by atoms with Crippen LogP contribution in [0, 0.1) is 0 Å². The third kappa shape index (κ3) is 5.83. The predicted octanol–water partition coefficient (Wildman–Crippen LogP) is -1.51. The van der Waals surface area contributed by atoms with Gasteiger partial charge in [0.25, 0.3) is 0 Å². The fourth-order valence-electron chi connectivity index (χ4n) is 1.31. The van der Waals surface area contributed by atoms with Gasteiger partial charge in [0, 0.05) is 0 Å². The van der Waals surface area contributed by atoms with E-state index in [-0.39, 0.29) is 6.73 Å². The summed E-state index contributed by atoms with van der Waals surface area (Å²) in [4.78, 5) is 23.0. The van der Waals surface area contributed by atoms with Crippen LogP contribution < -0.4 is 11.1 Å². The molecule has 0 aliphatic carbocycles. The van der Waals surface area contributed by atoms with Crippen molar-refractivity contribution in [2.24, 2.45) is 5.73 Å². The molecule has 5 N–H and O–H groups in total. The Bertz CT molecular complexity index is 345. The number of carbonyl (C=O) groups excluding carboxylic acids is 2. The largest absolute Gasteiger partial charge is 0.468 e. The molecule has 0 saturated carbocycles. The smallest absolute Gasteiger partial charge is 0.327 e. The van der Waals surface area contributed by atoms with Gasteiger partial charge in [-0.15, -0.1) is 0 Å². The van der Waals surface area contributed by atoms with Gasteiger partial charge in [-0.1, -0.05) is 0 Å². The van der Waals surface area contributed by atoms with E-state index < -0.39 is 35.2 Å². The molecule has 0 aliphatic rings. The number of ether oxygens (including phenoxy) is 2. The van der Waals surface area contributed by atoms with E-state index in [0.717, 1.165) is 0 Å². The number of aliphatic hydroxyl groups is 2. The summed E-state index contributed by atoms with van der Waals surface area (Å²) in [5, 5.41) is 21.9. The molecule has 0 amide bonds. The maximum Gasteiger partial charge on any atom is 0.327 e. The van der Waals surface area contributed by atoms with Crippen molar-refractivity contribution in [2.75, 3.05) is 13.8 Å².